The van der Waals surface area contributed by atoms with Gasteiger partial charge in [0, 0.05) is 24.8 Å². The Morgan fingerprint density at radius 3 is 2.33 bits per heavy atom. The SMILES string of the molecule is CC(=O)Nc1ccc(OC(=O)C(N)CCC(=O)NC(CS)C(=O)NCC(=O)O)cc1. The molecule has 0 aliphatic heterocycles. The van der Waals surface area contributed by atoms with Gasteiger partial charge in [0.15, 0.2) is 0 Å². The highest BCUT2D eigenvalue weighted by Gasteiger charge is 2.22. The fraction of sp³-hybridized carbons (Fsp3) is 0.389. The molecule has 2 atom stereocenters. The van der Waals surface area contributed by atoms with E-state index in [2.05, 4.69) is 28.6 Å². The smallest absolute Gasteiger partial charge is 0.328 e. The van der Waals surface area contributed by atoms with Crippen LogP contribution >= 0.6 is 12.6 Å². The van der Waals surface area contributed by atoms with Gasteiger partial charge >= 0.3 is 11.9 Å². The third kappa shape index (κ3) is 9.39. The van der Waals surface area contributed by atoms with E-state index in [1.165, 1.54) is 19.1 Å². The molecule has 0 aliphatic rings. The Kier molecular flexibility index (Phi) is 10.3. The Morgan fingerprint density at radius 1 is 1.17 bits per heavy atom. The number of amides is 3. The van der Waals surface area contributed by atoms with Gasteiger partial charge in [0.05, 0.1) is 0 Å². The van der Waals surface area contributed by atoms with Gasteiger partial charge in [-0.05, 0) is 30.7 Å². The first-order chi connectivity index (χ1) is 14.1. The van der Waals surface area contributed by atoms with Gasteiger partial charge in [-0.1, -0.05) is 0 Å². The van der Waals surface area contributed by atoms with Gasteiger partial charge in [-0.2, -0.15) is 12.6 Å². The minimum absolute atomic E-state index is 0.0370. The quantitative estimate of drug-likeness (QED) is 0.148. The van der Waals surface area contributed by atoms with E-state index in [-0.39, 0.29) is 30.3 Å². The van der Waals surface area contributed by atoms with Gasteiger partial charge < -0.3 is 31.5 Å². The summed E-state index contributed by atoms with van der Waals surface area (Å²) < 4.78 is 5.12. The van der Waals surface area contributed by atoms with E-state index in [1.54, 1.807) is 12.1 Å². The maximum Gasteiger partial charge on any atom is 0.328 e. The van der Waals surface area contributed by atoms with Crippen molar-refractivity contribution in [1.82, 2.24) is 10.6 Å². The number of benzene rings is 1. The van der Waals surface area contributed by atoms with Gasteiger partial charge in [-0.15, -0.1) is 0 Å². The number of esters is 1. The zero-order valence-electron chi connectivity index (χ0n) is 16.2. The largest absolute Gasteiger partial charge is 0.480 e. The van der Waals surface area contributed by atoms with Crippen molar-refractivity contribution in [2.75, 3.05) is 17.6 Å². The van der Waals surface area contributed by atoms with E-state index in [9.17, 15) is 24.0 Å². The fourth-order valence-corrected chi connectivity index (χ4v) is 2.41. The molecule has 0 fully saturated rings. The lowest BCUT2D eigenvalue weighted by atomic mass is 10.1. The molecule has 0 saturated carbocycles. The van der Waals surface area contributed by atoms with Crippen LogP contribution < -0.4 is 26.4 Å². The number of carboxylic acid groups (broad SMARTS) is 1. The molecule has 11 nitrogen and oxygen atoms in total. The van der Waals surface area contributed by atoms with Crippen LogP contribution in [0.25, 0.3) is 0 Å². The van der Waals surface area contributed by atoms with Crippen LogP contribution in [-0.4, -0.2) is 59.1 Å². The third-order valence-electron chi connectivity index (χ3n) is 3.63. The topological polar surface area (TPSA) is 177 Å². The molecule has 0 radical (unpaired) electrons. The zero-order chi connectivity index (χ0) is 22.7. The van der Waals surface area contributed by atoms with Crippen molar-refractivity contribution in [2.45, 2.75) is 31.8 Å². The molecule has 164 valence electrons. The van der Waals surface area contributed by atoms with Gasteiger partial charge in [-0.3, -0.25) is 19.2 Å². The zero-order valence-corrected chi connectivity index (χ0v) is 17.1. The highest BCUT2D eigenvalue weighted by atomic mass is 32.1. The number of aliphatic carboxylic acids is 1. The van der Waals surface area contributed by atoms with E-state index in [1.807, 2.05) is 0 Å². The van der Waals surface area contributed by atoms with Crippen molar-refractivity contribution in [3.63, 3.8) is 0 Å². The van der Waals surface area contributed by atoms with Crippen molar-refractivity contribution >= 4 is 48.0 Å². The van der Waals surface area contributed by atoms with Crippen LogP contribution in [0.1, 0.15) is 19.8 Å². The summed E-state index contributed by atoms with van der Waals surface area (Å²) in [6.45, 7) is 0.783. The number of carbonyl (C=O) groups excluding carboxylic acids is 4. The minimum Gasteiger partial charge on any atom is -0.480 e. The first-order valence-corrected chi connectivity index (χ1v) is 9.50. The highest BCUT2D eigenvalue weighted by molar-refractivity contribution is 7.80. The number of carbonyl (C=O) groups is 5. The van der Waals surface area contributed by atoms with Crippen LogP contribution in [0.3, 0.4) is 0 Å². The van der Waals surface area contributed by atoms with Crippen LogP contribution in [0, 0.1) is 0 Å². The van der Waals surface area contributed by atoms with Crippen LogP contribution in [-0.2, 0) is 24.0 Å². The molecule has 0 aliphatic carbocycles. The van der Waals surface area contributed by atoms with Gasteiger partial charge in [0.25, 0.3) is 0 Å². The Bertz CT molecular complexity index is 785. The maximum atomic E-state index is 12.0. The summed E-state index contributed by atoms with van der Waals surface area (Å²) >= 11 is 3.95. The average molecular weight is 440 g/mol. The average Bonchev–Trinajstić information content (AvgIpc) is 2.69. The fourth-order valence-electron chi connectivity index (χ4n) is 2.15. The molecule has 0 bridgehead atoms. The molecule has 0 heterocycles. The van der Waals surface area contributed by atoms with Gasteiger partial charge in [-0.25, -0.2) is 4.79 Å². The van der Waals surface area contributed by atoms with Crippen molar-refractivity contribution in [1.29, 1.82) is 0 Å². The number of carboxylic acids is 1. The van der Waals surface area contributed by atoms with Gasteiger partial charge in [0.1, 0.15) is 24.4 Å². The molecule has 1 aromatic rings. The summed E-state index contributed by atoms with van der Waals surface area (Å²) in [5.41, 5.74) is 6.28. The number of anilines is 1. The Morgan fingerprint density at radius 2 is 1.80 bits per heavy atom. The Hall–Kier alpha value is -3.12. The Balaban J connectivity index is 2.46. The monoisotopic (exact) mass is 440 g/mol. The number of nitrogens with one attached hydrogen (secondary N) is 3. The van der Waals surface area contributed by atoms with Crippen molar-refractivity contribution in [3.8, 4) is 5.75 Å². The molecule has 1 rings (SSSR count). The molecule has 0 aromatic heterocycles. The van der Waals surface area contributed by atoms with Crippen molar-refractivity contribution < 1.29 is 33.8 Å². The van der Waals surface area contributed by atoms with Crippen LogP contribution in [0.5, 0.6) is 5.75 Å². The maximum absolute atomic E-state index is 12.0. The molecule has 3 amide bonds. The molecule has 12 heteroatoms. The van der Waals surface area contributed by atoms with Crippen LogP contribution in [0.4, 0.5) is 5.69 Å². The first kappa shape index (κ1) is 24.9. The predicted octanol–water partition coefficient (Wildman–Crippen LogP) is -0.727. The number of rotatable bonds is 11. The first-order valence-electron chi connectivity index (χ1n) is 8.87. The van der Waals surface area contributed by atoms with Crippen molar-refractivity contribution in [3.05, 3.63) is 24.3 Å². The normalized spacial score (nSPS) is 12.2. The summed E-state index contributed by atoms with van der Waals surface area (Å²) in [6.07, 6.45) is -0.196. The predicted molar refractivity (Wildman–Crippen MR) is 110 cm³/mol. The lowest BCUT2D eigenvalue weighted by molar-refractivity contribution is -0.138. The van der Waals surface area contributed by atoms with Crippen LogP contribution in [0.2, 0.25) is 0 Å². The Labute approximate surface area is 178 Å². The third-order valence-corrected chi connectivity index (χ3v) is 3.99. The number of hydrogen-bond donors (Lipinski definition) is 6. The second-order valence-corrected chi connectivity index (χ2v) is 6.55. The number of ether oxygens (including phenoxy) is 1. The molecule has 6 N–H and O–H groups in total. The summed E-state index contributed by atoms with van der Waals surface area (Å²) in [6, 6.07) is 3.96. The van der Waals surface area contributed by atoms with Crippen molar-refractivity contribution in [2.24, 2.45) is 5.73 Å². The summed E-state index contributed by atoms with van der Waals surface area (Å²) in [5.74, 6) is -3.27. The van der Waals surface area contributed by atoms with Crippen LogP contribution in [0.15, 0.2) is 24.3 Å². The second-order valence-electron chi connectivity index (χ2n) is 6.19. The van der Waals surface area contributed by atoms with E-state index in [0.717, 1.165) is 0 Å². The molecule has 30 heavy (non-hydrogen) atoms. The minimum atomic E-state index is -1.22. The number of hydrogen-bond acceptors (Lipinski definition) is 8. The number of nitrogens with two attached hydrogens (primary N) is 1. The standard InChI is InChI=1S/C18H24N4O7S/c1-10(23)21-11-2-4-12(5-3-11)29-18(28)13(19)6-7-15(24)22-14(9-30)17(27)20-8-16(25)26/h2-5,13-14,30H,6-9,19H2,1H3,(H,20,27)(H,21,23)(H,22,24)(H,25,26). The second kappa shape index (κ2) is 12.4. The summed E-state index contributed by atoms with van der Waals surface area (Å²) in [7, 11) is 0. The molecule has 0 saturated heterocycles. The lowest BCUT2D eigenvalue weighted by Gasteiger charge is -2.16. The summed E-state index contributed by atoms with van der Waals surface area (Å²) in [4.78, 5) is 57.3. The summed E-state index contributed by atoms with van der Waals surface area (Å²) in [5, 5.41) is 15.7. The lowest BCUT2D eigenvalue weighted by Crippen LogP contribution is -2.49. The van der Waals surface area contributed by atoms with Gasteiger partial charge in [0.2, 0.25) is 17.7 Å². The van der Waals surface area contributed by atoms with E-state index < -0.39 is 42.4 Å². The molecule has 2 unspecified atom stereocenters. The number of thiol groups is 1. The highest BCUT2D eigenvalue weighted by Crippen LogP contribution is 2.16. The molecule has 1 aromatic carbocycles. The van der Waals surface area contributed by atoms with E-state index >= 15 is 0 Å². The molecule has 0 spiro atoms. The van der Waals surface area contributed by atoms with E-state index in [0.29, 0.717) is 5.69 Å². The molecular formula is C18H24N4O7S. The van der Waals surface area contributed by atoms with E-state index in [4.69, 9.17) is 15.6 Å². The molecular weight excluding hydrogens is 416 g/mol.